The number of hydrogen-bond acceptors (Lipinski definition) is 3. The minimum Gasteiger partial charge on any atom is -0.394 e. The predicted octanol–water partition coefficient (Wildman–Crippen LogP) is 21.8. The quantitative estimate of drug-likeness (QED) is 0.0420. The maximum Gasteiger partial charge on any atom is 0.220 e. The Kier molecular flexibility index (Phi) is 61.2. The van der Waals surface area contributed by atoms with E-state index in [9.17, 15) is 15.0 Å². The van der Waals surface area contributed by atoms with Crippen molar-refractivity contribution in [3.63, 3.8) is 0 Å². The van der Waals surface area contributed by atoms with Gasteiger partial charge in [0, 0.05) is 6.42 Å². The molecule has 2 unspecified atom stereocenters. The number of aliphatic hydroxyl groups excluding tert-OH is 2. The summed E-state index contributed by atoms with van der Waals surface area (Å²) >= 11 is 0. The number of unbranched alkanes of at least 4 members (excludes halogenated alkanes) is 47. The third kappa shape index (κ3) is 59.1. The number of carbonyl (C=O) groups is 1. The van der Waals surface area contributed by atoms with Crippen LogP contribution in [0, 0.1) is 0 Å². The fourth-order valence-electron chi connectivity index (χ4n) is 10.1. The van der Waals surface area contributed by atoms with Crippen LogP contribution in [-0.2, 0) is 4.79 Å². The summed E-state index contributed by atoms with van der Waals surface area (Å²) in [7, 11) is 0. The summed E-state index contributed by atoms with van der Waals surface area (Å²) in [5.41, 5.74) is 0. The van der Waals surface area contributed by atoms with Crippen molar-refractivity contribution < 1.29 is 15.0 Å². The Bertz CT molecular complexity index is 1130. The summed E-state index contributed by atoms with van der Waals surface area (Å²) in [6.45, 7) is 4.34. The standard InChI is InChI=1S/C67H127NO3/c1-3-5-7-9-11-13-15-17-19-21-23-25-27-28-29-30-31-32-33-34-35-36-37-38-39-40-41-43-45-47-49-51-53-55-57-59-61-63-67(71)68-65(64-69)66(70)62-60-58-56-54-52-50-48-46-44-42-26-24-22-20-18-16-14-12-10-8-6-4-2/h29-30,32-33,52,54,60,62,65-66,69-70H,3-28,31,34-51,53,55-59,61,63-64H2,1-2H3,(H,68,71)/b30-29-,33-32-,54-52+,62-60+. The van der Waals surface area contributed by atoms with Crippen LogP contribution in [-0.4, -0.2) is 34.9 Å². The maximum atomic E-state index is 12.5. The SMILES string of the molecule is CCCCCCCCCCCCCCC/C=C\C/C=C\CCCCCCCCCCCCCCCCCCCC(=O)NC(CO)C(O)/C=C/CC/C=C/CCCCCCCCCCCCCCCCCC. The maximum absolute atomic E-state index is 12.5. The Balaban J connectivity index is 3.46. The van der Waals surface area contributed by atoms with Crippen molar-refractivity contribution in [2.45, 2.75) is 366 Å². The molecule has 0 fully saturated rings. The molecule has 3 N–H and O–H groups in total. The summed E-state index contributed by atoms with van der Waals surface area (Å²) < 4.78 is 0. The second-order valence-corrected chi connectivity index (χ2v) is 22.2. The highest BCUT2D eigenvalue weighted by Gasteiger charge is 2.18. The number of allylic oxidation sites excluding steroid dienone is 7. The smallest absolute Gasteiger partial charge is 0.220 e. The first-order chi connectivity index (χ1) is 35.2. The van der Waals surface area contributed by atoms with Crippen molar-refractivity contribution in [2.75, 3.05) is 6.61 Å². The molecular formula is C67H127NO3. The van der Waals surface area contributed by atoms with E-state index in [4.69, 9.17) is 0 Å². The van der Waals surface area contributed by atoms with Crippen molar-refractivity contribution in [3.8, 4) is 0 Å². The molecule has 1 amide bonds. The van der Waals surface area contributed by atoms with E-state index in [1.807, 2.05) is 6.08 Å². The van der Waals surface area contributed by atoms with Gasteiger partial charge in [0.25, 0.3) is 0 Å². The summed E-state index contributed by atoms with van der Waals surface area (Å²) in [5, 5.41) is 23.2. The fourth-order valence-corrected chi connectivity index (χ4v) is 10.1. The zero-order chi connectivity index (χ0) is 51.3. The minimum atomic E-state index is -0.863. The number of amides is 1. The fraction of sp³-hybridized carbons (Fsp3) is 0.866. The molecular weight excluding hydrogens is 867 g/mol. The molecule has 0 aromatic rings. The van der Waals surface area contributed by atoms with E-state index >= 15 is 0 Å². The van der Waals surface area contributed by atoms with Gasteiger partial charge < -0.3 is 15.5 Å². The van der Waals surface area contributed by atoms with Crippen LogP contribution in [0.2, 0.25) is 0 Å². The molecule has 0 aromatic heterocycles. The van der Waals surface area contributed by atoms with Crippen molar-refractivity contribution in [2.24, 2.45) is 0 Å². The molecule has 0 aliphatic rings. The lowest BCUT2D eigenvalue weighted by molar-refractivity contribution is -0.123. The van der Waals surface area contributed by atoms with E-state index < -0.39 is 12.1 Å². The third-order valence-corrected chi connectivity index (χ3v) is 15.0. The molecule has 71 heavy (non-hydrogen) atoms. The van der Waals surface area contributed by atoms with Gasteiger partial charge in [-0.05, 0) is 64.2 Å². The Morgan fingerprint density at radius 2 is 0.592 bits per heavy atom. The number of rotatable bonds is 60. The molecule has 0 rings (SSSR count). The lowest BCUT2D eigenvalue weighted by atomic mass is 10.0. The zero-order valence-electron chi connectivity index (χ0n) is 48.3. The summed E-state index contributed by atoms with van der Waals surface area (Å²) in [6, 6.07) is -0.640. The van der Waals surface area contributed by atoms with Gasteiger partial charge in [-0.2, -0.15) is 0 Å². The third-order valence-electron chi connectivity index (χ3n) is 15.0. The summed E-state index contributed by atoms with van der Waals surface area (Å²) in [4.78, 5) is 12.5. The van der Waals surface area contributed by atoms with Gasteiger partial charge in [-0.15, -0.1) is 0 Å². The monoisotopic (exact) mass is 994 g/mol. The number of carbonyl (C=O) groups excluding carboxylic acids is 1. The summed E-state index contributed by atoms with van der Waals surface area (Å²) in [5.74, 6) is -0.0688. The van der Waals surface area contributed by atoms with E-state index in [-0.39, 0.29) is 12.5 Å². The zero-order valence-corrected chi connectivity index (χ0v) is 48.3. The normalized spacial score (nSPS) is 13.0. The lowest BCUT2D eigenvalue weighted by Crippen LogP contribution is -2.45. The number of nitrogens with one attached hydrogen (secondary N) is 1. The Labute approximate surface area is 445 Å². The first-order valence-corrected chi connectivity index (χ1v) is 32.4. The van der Waals surface area contributed by atoms with Crippen molar-refractivity contribution in [3.05, 3.63) is 48.6 Å². The molecule has 0 bridgehead atoms. The van der Waals surface area contributed by atoms with Crippen LogP contribution in [0.5, 0.6) is 0 Å². The molecule has 0 radical (unpaired) electrons. The topological polar surface area (TPSA) is 69.6 Å². The van der Waals surface area contributed by atoms with Gasteiger partial charge in [0.1, 0.15) is 0 Å². The van der Waals surface area contributed by atoms with Gasteiger partial charge in [0.05, 0.1) is 18.8 Å². The molecule has 0 saturated heterocycles. The van der Waals surface area contributed by atoms with E-state index in [1.165, 1.54) is 295 Å². The van der Waals surface area contributed by atoms with Crippen molar-refractivity contribution in [1.82, 2.24) is 5.32 Å². The first-order valence-electron chi connectivity index (χ1n) is 32.4. The Morgan fingerprint density at radius 1 is 0.338 bits per heavy atom. The molecule has 0 spiro atoms. The van der Waals surface area contributed by atoms with Crippen LogP contribution < -0.4 is 5.32 Å². The second-order valence-electron chi connectivity index (χ2n) is 22.2. The molecule has 0 saturated carbocycles. The Hall–Kier alpha value is -1.65. The van der Waals surface area contributed by atoms with Gasteiger partial charge in [-0.1, -0.05) is 332 Å². The van der Waals surface area contributed by atoms with Gasteiger partial charge in [-0.3, -0.25) is 4.79 Å². The molecule has 418 valence electrons. The van der Waals surface area contributed by atoms with Crippen LogP contribution in [0.4, 0.5) is 0 Å². The van der Waals surface area contributed by atoms with Crippen LogP contribution in [0.15, 0.2) is 48.6 Å². The van der Waals surface area contributed by atoms with Crippen LogP contribution in [0.1, 0.15) is 354 Å². The second kappa shape index (κ2) is 62.6. The number of aliphatic hydroxyl groups is 2. The molecule has 0 heterocycles. The van der Waals surface area contributed by atoms with Crippen LogP contribution in [0.3, 0.4) is 0 Å². The van der Waals surface area contributed by atoms with E-state index in [2.05, 4.69) is 55.6 Å². The van der Waals surface area contributed by atoms with Gasteiger partial charge in [0.2, 0.25) is 5.91 Å². The average Bonchev–Trinajstić information content (AvgIpc) is 3.37. The van der Waals surface area contributed by atoms with Gasteiger partial charge in [-0.25, -0.2) is 0 Å². The average molecular weight is 995 g/mol. The molecule has 0 aromatic carbocycles. The largest absolute Gasteiger partial charge is 0.394 e. The highest BCUT2D eigenvalue weighted by molar-refractivity contribution is 5.76. The molecule has 0 aliphatic heterocycles. The highest BCUT2D eigenvalue weighted by Crippen LogP contribution is 2.18. The van der Waals surface area contributed by atoms with Crippen LogP contribution >= 0.6 is 0 Å². The van der Waals surface area contributed by atoms with Crippen LogP contribution in [0.25, 0.3) is 0 Å². The molecule has 2 atom stereocenters. The van der Waals surface area contributed by atoms with E-state index in [1.54, 1.807) is 6.08 Å². The Morgan fingerprint density at radius 3 is 0.901 bits per heavy atom. The first kappa shape index (κ1) is 69.3. The van der Waals surface area contributed by atoms with Crippen molar-refractivity contribution >= 4 is 5.91 Å². The van der Waals surface area contributed by atoms with Gasteiger partial charge in [0.15, 0.2) is 0 Å². The molecule has 4 heteroatoms. The number of hydrogen-bond donors (Lipinski definition) is 3. The van der Waals surface area contributed by atoms with E-state index in [0.717, 1.165) is 38.5 Å². The lowest BCUT2D eigenvalue weighted by Gasteiger charge is -2.19. The van der Waals surface area contributed by atoms with Crippen molar-refractivity contribution in [1.29, 1.82) is 0 Å². The summed E-state index contributed by atoms with van der Waals surface area (Å²) in [6.07, 6.45) is 87.5. The predicted molar refractivity (Wildman–Crippen MR) is 318 cm³/mol. The minimum absolute atomic E-state index is 0.0688. The van der Waals surface area contributed by atoms with E-state index in [0.29, 0.717) is 6.42 Å². The highest BCUT2D eigenvalue weighted by atomic mass is 16.3. The molecule has 4 nitrogen and oxygen atoms in total. The van der Waals surface area contributed by atoms with Gasteiger partial charge >= 0.3 is 0 Å². The molecule has 0 aliphatic carbocycles.